The van der Waals surface area contributed by atoms with Crippen molar-refractivity contribution in [3.8, 4) is 5.75 Å². The Morgan fingerprint density at radius 3 is 2.83 bits per heavy atom. The van der Waals surface area contributed by atoms with E-state index < -0.39 is 42.2 Å². The number of carbonyl (C=O) groups excluding carboxylic acids is 1. The first kappa shape index (κ1) is 15.6. The Morgan fingerprint density at radius 2 is 2.22 bits per heavy atom. The van der Waals surface area contributed by atoms with Crippen molar-refractivity contribution in [2.24, 2.45) is 5.73 Å². The van der Waals surface area contributed by atoms with Crippen LogP contribution in [0.1, 0.15) is 18.2 Å². The summed E-state index contributed by atoms with van der Waals surface area (Å²) in [5, 5.41) is 29.8. The molecule has 1 saturated heterocycles. The summed E-state index contributed by atoms with van der Waals surface area (Å²) in [7, 11) is 0. The molecule has 1 aromatic carbocycles. The third kappa shape index (κ3) is 2.61. The third-order valence-corrected chi connectivity index (χ3v) is 3.92. The molecule has 23 heavy (non-hydrogen) atoms. The van der Waals surface area contributed by atoms with Gasteiger partial charge in [0, 0.05) is 24.1 Å². The van der Waals surface area contributed by atoms with Crippen LogP contribution in [-0.2, 0) is 4.74 Å². The molecule has 2 aliphatic rings. The van der Waals surface area contributed by atoms with E-state index in [1.807, 2.05) is 0 Å². The first-order valence-electron chi connectivity index (χ1n) is 6.91. The monoisotopic (exact) mass is 325 g/mol. The Morgan fingerprint density at radius 1 is 1.48 bits per heavy atom. The van der Waals surface area contributed by atoms with Crippen LogP contribution < -0.4 is 10.5 Å². The summed E-state index contributed by atoms with van der Waals surface area (Å²) < 4.78 is 10.5. The van der Waals surface area contributed by atoms with Crippen molar-refractivity contribution >= 4 is 11.8 Å². The van der Waals surface area contributed by atoms with Gasteiger partial charge in [-0.05, 0) is 6.07 Å². The number of nitrogens with zero attached hydrogens (tertiary/aromatic N) is 2. The minimum absolute atomic E-state index is 0.0539. The summed E-state index contributed by atoms with van der Waals surface area (Å²) >= 11 is 0. The van der Waals surface area contributed by atoms with Gasteiger partial charge in [-0.15, -0.1) is 0 Å². The Hall–Kier alpha value is -2.27. The number of nitro benzene ring substituents is 1. The van der Waals surface area contributed by atoms with Crippen LogP contribution in [0.2, 0.25) is 0 Å². The molecule has 1 unspecified atom stereocenters. The van der Waals surface area contributed by atoms with Crippen LogP contribution in [-0.4, -0.2) is 51.2 Å². The summed E-state index contributed by atoms with van der Waals surface area (Å²) in [5.74, 6) is 0.140. The van der Waals surface area contributed by atoms with Gasteiger partial charge in [-0.2, -0.15) is 0 Å². The molecule has 4 N–H and O–H groups in total. The van der Waals surface area contributed by atoms with Crippen LogP contribution in [0, 0.1) is 10.1 Å². The van der Waals surface area contributed by atoms with Gasteiger partial charge in [0.25, 0.3) is 5.69 Å². The number of ether oxygens (including phenoxy) is 2. The van der Waals surface area contributed by atoms with Crippen molar-refractivity contribution in [2.45, 2.75) is 31.0 Å². The van der Waals surface area contributed by atoms with E-state index in [1.54, 1.807) is 0 Å². The summed E-state index contributed by atoms with van der Waals surface area (Å²) in [6, 6.07) is 3.75. The number of nitrogens with two attached hydrogens (primary N) is 1. The van der Waals surface area contributed by atoms with Crippen molar-refractivity contribution in [1.29, 1.82) is 0 Å². The maximum Gasteiger partial charge on any atom is 0.418 e. The first-order chi connectivity index (χ1) is 10.9. The summed E-state index contributed by atoms with van der Waals surface area (Å²) in [6.45, 7) is -0.405. The van der Waals surface area contributed by atoms with Crippen LogP contribution in [0.25, 0.3) is 0 Å². The van der Waals surface area contributed by atoms with E-state index in [2.05, 4.69) is 0 Å². The minimum Gasteiger partial charge on any atom is -0.410 e. The van der Waals surface area contributed by atoms with Gasteiger partial charge in [0.05, 0.1) is 17.6 Å². The number of hydrogen-bond acceptors (Lipinski definition) is 8. The van der Waals surface area contributed by atoms with Gasteiger partial charge in [-0.1, -0.05) is 0 Å². The topological polar surface area (TPSA) is 148 Å². The first-order valence-corrected chi connectivity index (χ1v) is 6.91. The second kappa shape index (κ2) is 5.74. The molecule has 124 valence electrons. The lowest BCUT2D eigenvalue weighted by molar-refractivity contribution is -0.385. The molecule has 1 aromatic rings. The zero-order chi connectivity index (χ0) is 16.7. The Bertz CT molecular complexity index is 652. The number of hydrogen-bond donors (Lipinski definition) is 3. The number of aliphatic hydroxyl groups excluding tert-OH is 2. The maximum atomic E-state index is 12.1. The Kier molecular flexibility index (Phi) is 3.90. The molecule has 0 saturated carbocycles. The van der Waals surface area contributed by atoms with Gasteiger partial charge in [0.15, 0.2) is 0 Å². The standard InChI is InChI=1S/C13H15N3O7/c14-12-7-3-6(16(20)21)1-2-9(7)23-13(19)15(12)11-4-8(18)10(5-17)22-11/h1-3,8,10-12,17-18H,4-5,14H2/t8-,10+,11+,12?/m0/s1. The molecule has 0 bridgehead atoms. The van der Waals surface area contributed by atoms with E-state index in [0.29, 0.717) is 0 Å². The van der Waals surface area contributed by atoms with Gasteiger partial charge in [-0.25, -0.2) is 4.79 Å². The predicted octanol–water partition coefficient (Wildman–Crippen LogP) is -0.165. The average Bonchev–Trinajstić information content (AvgIpc) is 2.87. The van der Waals surface area contributed by atoms with Gasteiger partial charge < -0.3 is 25.4 Å². The summed E-state index contributed by atoms with van der Waals surface area (Å²) in [5.41, 5.74) is 6.13. The molecule has 2 heterocycles. The number of aliphatic hydroxyl groups is 2. The highest BCUT2D eigenvalue weighted by Gasteiger charge is 2.44. The highest BCUT2D eigenvalue weighted by atomic mass is 16.6. The maximum absolute atomic E-state index is 12.1. The number of nitro groups is 1. The van der Waals surface area contributed by atoms with Crippen molar-refractivity contribution in [1.82, 2.24) is 4.90 Å². The molecule has 2 aliphatic heterocycles. The number of non-ortho nitro benzene ring substituents is 1. The molecule has 0 aliphatic carbocycles. The number of amides is 1. The summed E-state index contributed by atoms with van der Waals surface area (Å²) in [4.78, 5) is 23.5. The van der Waals surface area contributed by atoms with Crippen molar-refractivity contribution in [2.75, 3.05) is 6.61 Å². The minimum atomic E-state index is -1.03. The van der Waals surface area contributed by atoms with Crippen molar-refractivity contribution < 1.29 is 29.4 Å². The number of fused-ring (bicyclic) bond motifs is 1. The van der Waals surface area contributed by atoms with E-state index >= 15 is 0 Å². The quantitative estimate of drug-likeness (QED) is 0.512. The number of benzene rings is 1. The lowest BCUT2D eigenvalue weighted by Crippen LogP contribution is -2.50. The molecular weight excluding hydrogens is 310 g/mol. The van der Waals surface area contributed by atoms with E-state index in [9.17, 15) is 20.0 Å². The second-order valence-electron chi connectivity index (χ2n) is 5.31. The van der Waals surface area contributed by atoms with Gasteiger partial charge in [0.1, 0.15) is 24.2 Å². The molecule has 1 amide bonds. The van der Waals surface area contributed by atoms with E-state index in [0.717, 1.165) is 4.90 Å². The number of rotatable bonds is 3. The highest BCUT2D eigenvalue weighted by molar-refractivity contribution is 5.75. The Labute approximate surface area is 130 Å². The normalized spacial score (nSPS) is 30.0. The van der Waals surface area contributed by atoms with Gasteiger partial charge >= 0.3 is 6.09 Å². The largest absolute Gasteiger partial charge is 0.418 e. The summed E-state index contributed by atoms with van der Waals surface area (Å²) in [6.07, 6.45) is -4.42. The molecule has 3 rings (SSSR count). The SMILES string of the molecule is NC1c2cc([N+](=O)[O-])ccc2OC(=O)N1[C@H]1C[C@H](O)[C@@H](CO)O1. The molecular formula is C13H15N3O7. The molecule has 1 fully saturated rings. The zero-order valence-electron chi connectivity index (χ0n) is 11.9. The lowest BCUT2D eigenvalue weighted by Gasteiger charge is -2.36. The van der Waals surface area contributed by atoms with Crippen LogP contribution >= 0.6 is 0 Å². The second-order valence-corrected chi connectivity index (χ2v) is 5.31. The highest BCUT2D eigenvalue weighted by Crippen LogP contribution is 2.38. The lowest BCUT2D eigenvalue weighted by atomic mass is 10.1. The van der Waals surface area contributed by atoms with E-state index in [-0.39, 0.29) is 23.4 Å². The smallest absolute Gasteiger partial charge is 0.410 e. The van der Waals surface area contributed by atoms with E-state index in [4.69, 9.17) is 20.3 Å². The molecule has 10 nitrogen and oxygen atoms in total. The van der Waals surface area contributed by atoms with Crippen LogP contribution in [0.3, 0.4) is 0 Å². The van der Waals surface area contributed by atoms with Crippen LogP contribution in [0.5, 0.6) is 5.75 Å². The molecule has 0 spiro atoms. The molecule has 0 aromatic heterocycles. The van der Waals surface area contributed by atoms with Crippen LogP contribution in [0.15, 0.2) is 18.2 Å². The fourth-order valence-electron chi connectivity index (χ4n) is 2.73. The van der Waals surface area contributed by atoms with E-state index in [1.165, 1.54) is 18.2 Å². The van der Waals surface area contributed by atoms with Crippen LogP contribution in [0.4, 0.5) is 10.5 Å². The zero-order valence-corrected chi connectivity index (χ0v) is 11.9. The number of carbonyl (C=O) groups is 1. The van der Waals surface area contributed by atoms with Gasteiger partial charge in [-0.3, -0.25) is 15.0 Å². The molecule has 4 atom stereocenters. The molecule has 10 heteroatoms. The Balaban J connectivity index is 1.91. The fourth-order valence-corrected chi connectivity index (χ4v) is 2.73. The third-order valence-electron chi connectivity index (χ3n) is 3.92. The molecule has 0 radical (unpaired) electrons. The fraction of sp³-hybridized carbons (Fsp3) is 0.462. The van der Waals surface area contributed by atoms with Crippen molar-refractivity contribution in [3.05, 3.63) is 33.9 Å². The van der Waals surface area contributed by atoms with Crippen molar-refractivity contribution in [3.63, 3.8) is 0 Å². The van der Waals surface area contributed by atoms with Gasteiger partial charge in [0.2, 0.25) is 0 Å². The average molecular weight is 325 g/mol. The predicted molar refractivity (Wildman–Crippen MR) is 74.3 cm³/mol.